The quantitative estimate of drug-likeness (QED) is 0.778. The lowest BCUT2D eigenvalue weighted by molar-refractivity contribution is 0.183. The molecule has 2 atom stereocenters. The lowest BCUT2D eigenvalue weighted by Gasteiger charge is -2.19. The van der Waals surface area contributed by atoms with E-state index in [1.165, 1.54) is 0 Å². The number of nitrogens with one attached hydrogen (secondary N) is 1. The first kappa shape index (κ1) is 12.1. The van der Waals surface area contributed by atoms with E-state index in [1.54, 1.807) is 7.11 Å². The van der Waals surface area contributed by atoms with Crippen molar-refractivity contribution < 1.29 is 4.74 Å². The molecule has 0 radical (unpaired) electrons. The molecule has 0 aromatic carbocycles. The molecule has 0 aliphatic carbocycles. The molecule has 0 saturated heterocycles. The van der Waals surface area contributed by atoms with Gasteiger partial charge >= 0.3 is 0 Å². The fourth-order valence-electron chi connectivity index (χ4n) is 1.52. The van der Waals surface area contributed by atoms with Gasteiger partial charge in [-0.25, -0.2) is 0 Å². The zero-order valence-electron chi connectivity index (χ0n) is 9.73. The maximum atomic E-state index is 5.04. The Labute approximate surface area is 91.9 Å². The van der Waals surface area contributed by atoms with Crippen molar-refractivity contribution in [2.75, 3.05) is 13.7 Å². The molecule has 84 valence electrons. The van der Waals surface area contributed by atoms with E-state index in [0.717, 1.165) is 18.7 Å². The highest BCUT2D eigenvalue weighted by atomic mass is 16.5. The summed E-state index contributed by atoms with van der Waals surface area (Å²) >= 11 is 0. The summed E-state index contributed by atoms with van der Waals surface area (Å²) < 4.78 is 5.04. The zero-order valence-corrected chi connectivity index (χ0v) is 9.73. The first-order valence-electron chi connectivity index (χ1n) is 5.40. The third-order valence-electron chi connectivity index (χ3n) is 2.42. The molecule has 3 nitrogen and oxygen atoms in total. The number of ether oxygens (including phenoxy) is 1. The molecule has 0 saturated carbocycles. The summed E-state index contributed by atoms with van der Waals surface area (Å²) in [5.41, 5.74) is 1.08. The topological polar surface area (TPSA) is 34.1 Å². The van der Waals surface area contributed by atoms with Gasteiger partial charge in [0.1, 0.15) is 0 Å². The highest BCUT2D eigenvalue weighted by Crippen LogP contribution is 2.09. The van der Waals surface area contributed by atoms with Crippen LogP contribution >= 0.6 is 0 Å². The van der Waals surface area contributed by atoms with Gasteiger partial charge in [-0.15, -0.1) is 0 Å². The molecule has 1 aromatic heterocycles. The van der Waals surface area contributed by atoms with Crippen LogP contribution in [0.4, 0.5) is 0 Å². The van der Waals surface area contributed by atoms with Crippen molar-refractivity contribution >= 4 is 0 Å². The van der Waals surface area contributed by atoms with E-state index in [4.69, 9.17) is 4.74 Å². The van der Waals surface area contributed by atoms with Crippen LogP contribution in [0, 0.1) is 0 Å². The van der Waals surface area contributed by atoms with Gasteiger partial charge in [-0.05, 0) is 32.4 Å². The highest BCUT2D eigenvalue weighted by Gasteiger charge is 2.09. The molecule has 0 amide bonds. The van der Waals surface area contributed by atoms with Gasteiger partial charge < -0.3 is 10.1 Å². The Bertz CT molecular complexity index is 264. The maximum Gasteiger partial charge on any atom is 0.0570 e. The predicted molar refractivity (Wildman–Crippen MR) is 61.7 cm³/mol. The molecule has 15 heavy (non-hydrogen) atoms. The molecule has 0 fully saturated rings. The molecule has 0 bridgehead atoms. The van der Waals surface area contributed by atoms with E-state index >= 15 is 0 Å². The fraction of sp³-hybridized carbons (Fsp3) is 0.583. The number of rotatable bonds is 6. The first-order chi connectivity index (χ1) is 7.24. The van der Waals surface area contributed by atoms with Crippen LogP contribution in [0.3, 0.4) is 0 Å². The van der Waals surface area contributed by atoms with Crippen LogP contribution in [-0.2, 0) is 4.74 Å². The van der Waals surface area contributed by atoms with Crippen LogP contribution in [0.15, 0.2) is 24.4 Å². The number of pyridine rings is 1. The highest BCUT2D eigenvalue weighted by molar-refractivity contribution is 5.07. The van der Waals surface area contributed by atoms with Gasteiger partial charge in [0.2, 0.25) is 0 Å². The van der Waals surface area contributed by atoms with Crippen molar-refractivity contribution in [3.8, 4) is 0 Å². The Balaban J connectivity index is 2.38. The minimum atomic E-state index is 0.290. The maximum absolute atomic E-state index is 5.04. The summed E-state index contributed by atoms with van der Waals surface area (Å²) in [7, 11) is 1.73. The van der Waals surface area contributed by atoms with E-state index in [1.807, 2.05) is 24.4 Å². The van der Waals surface area contributed by atoms with E-state index < -0.39 is 0 Å². The summed E-state index contributed by atoms with van der Waals surface area (Å²) in [5.74, 6) is 0. The number of hydrogen-bond donors (Lipinski definition) is 1. The molecular formula is C12H20N2O. The van der Waals surface area contributed by atoms with Crippen molar-refractivity contribution in [2.45, 2.75) is 32.4 Å². The molecule has 1 rings (SSSR count). The van der Waals surface area contributed by atoms with Crippen molar-refractivity contribution in [3.63, 3.8) is 0 Å². The molecule has 3 heteroatoms. The van der Waals surface area contributed by atoms with E-state index in [9.17, 15) is 0 Å². The predicted octanol–water partition coefficient (Wildman–Crippen LogP) is 2.16. The Morgan fingerprint density at radius 1 is 1.40 bits per heavy atom. The third-order valence-corrected chi connectivity index (χ3v) is 2.42. The number of aromatic nitrogens is 1. The molecule has 2 unspecified atom stereocenters. The first-order valence-corrected chi connectivity index (χ1v) is 5.40. The molecule has 0 aliphatic heterocycles. The monoisotopic (exact) mass is 208 g/mol. The minimum absolute atomic E-state index is 0.290. The van der Waals surface area contributed by atoms with Gasteiger partial charge in [0.25, 0.3) is 0 Å². The van der Waals surface area contributed by atoms with Gasteiger partial charge in [-0.2, -0.15) is 0 Å². The van der Waals surface area contributed by atoms with Crippen LogP contribution < -0.4 is 5.32 Å². The summed E-state index contributed by atoms with van der Waals surface area (Å²) in [5, 5.41) is 3.49. The van der Waals surface area contributed by atoms with Gasteiger partial charge in [0.15, 0.2) is 0 Å². The number of nitrogens with zero attached hydrogens (tertiary/aromatic N) is 1. The average Bonchev–Trinajstić information content (AvgIpc) is 2.27. The zero-order chi connectivity index (χ0) is 11.1. The molecule has 1 aromatic rings. The standard InChI is InChI=1S/C12H20N2O/c1-10(7-9-15-3)14-11(2)12-6-4-5-8-13-12/h4-6,8,10-11,14H,7,9H2,1-3H3. The SMILES string of the molecule is COCCC(C)NC(C)c1ccccn1. The fourth-order valence-corrected chi connectivity index (χ4v) is 1.52. The van der Waals surface area contributed by atoms with Crippen molar-refractivity contribution in [1.29, 1.82) is 0 Å². The van der Waals surface area contributed by atoms with Crippen molar-refractivity contribution in [3.05, 3.63) is 30.1 Å². The average molecular weight is 208 g/mol. The van der Waals surface area contributed by atoms with Gasteiger partial charge in [-0.3, -0.25) is 4.98 Å². The van der Waals surface area contributed by atoms with Crippen LogP contribution in [-0.4, -0.2) is 24.7 Å². The van der Waals surface area contributed by atoms with E-state index in [-0.39, 0.29) is 6.04 Å². The van der Waals surface area contributed by atoms with Crippen molar-refractivity contribution in [2.24, 2.45) is 0 Å². The molecule has 0 spiro atoms. The summed E-state index contributed by atoms with van der Waals surface area (Å²) in [6, 6.07) is 6.73. The summed E-state index contributed by atoms with van der Waals surface area (Å²) in [6.07, 6.45) is 2.85. The Morgan fingerprint density at radius 2 is 2.20 bits per heavy atom. The summed E-state index contributed by atoms with van der Waals surface area (Å²) in [4.78, 5) is 4.32. The van der Waals surface area contributed by atoms with E-state index in [2.05, 4.69) is 24.1 Å². The van der Waals surface area contributed by atoms with Gasteiger partial charge in [0, 0.05) is 32.0 Å². The van der Waals surface area contributed by atoms with Crippen LogP contribution in [0.2, 0.25) is 0 Å². The Hall–Kier alpha value is -0.930. The van der Waals surface area contributed by atoms with E-state index in [0.29, 0.717) is 6.04 Å². The number of hydrogen-bond acceptors (Lipinski definition) is 3. The minimum Gasteiger partial charge on any atom is -0.385 e. The lowest BCUT2D eigenvalue weighted by Crippen LogP contribution is -2.30. The molecule has 0 aliphatic rings. The van der Waals surface area contributed by atoms with Gasteiger partial charge in [0.05, 0.1) is 5.69 Å². The Kier molecular flexibility index (Phi) is 5.29. The number of methoxy groups -OCH3 is 1. The van der Waals surface area contributed by atoms with Crippen LogP contribution in [0.1, 0.15) is 32.0 Å². The second kappa shape index (κ2) is 6.53. The molecule has 1 N–H and O–H groups in total. The summed E-state index contributed by atoms with van der Waals surface area (Å²) in [6.45, 7) is 5.09. The van der Waals surface area contributed by atoms with Crippen LogP contribution in [0.25, 0.3) is 0 Å². The smallest absolute Gasteiger partial charge is 0.0570 e. The second-order valence-corrected chi connectivity index (χ2v) is 3.83. The van der Waals surface area contributed by atoms with Crippen molar-refractivity contribution in [1.82, 2.24) is 10.3 Å². The molecular weight excluding hydrogens is 188 g/mol. The largest absolute Gasteiger partial charge is 0.385 e. The lowest BCUT2D eigenvalue weighted by atomic mass is 10.1. The van der Waals surface area contributed by atoms with Crippen LogP contribution in [0.5, 0.6) is 0 Å². The molecule has 1 heterocycles. The second-order valence-electron chi connectivity index (χ2n) is 3.83. The third kappa shape index (κ3) is 4.40. The normalized spacial score (nSPS) is 14.9. The van der Waals surface area contributed by atoms with Gasteiger partial charge in [-0.1, -0.05) is 6.07 Å². The Morgan fingerprint density at radius 3 is 2.80 bits per heavy atom.